The van der Waals surface area contributed by atoms with Crippen LogP contribution in [0.2, 0.25) is 0 Å². The second kappa shape index (κ2) is 3.28. The Morgan fingerprint density at radius 2 is 2.13 bits per heavy atom. The lowest BCUT2D eigenvalue weighted by atomic mass is 10.4. The van der Waals surface area contributed by atoms with Crippen molar-refractivity contribution in [2.45, 2.75) is 6.54 Å². The third-order valence-corrected chi connectivity index (χ3v) is 2.48. The highest BCUT2D eigenvalue weighted by Crippen LogP contribution is 2.02. The first-order chi connectivity index (χ1) is 7.43. The predicted molar refractivity (Wildman–Crippen MR) is 55.4 cm³/mol. The molecule has 0 saturated carbocycles. The second-order valence-electron chi connectivity index (χ2n) is 3.47. The van der Waals surface area contributed by atoms with Crippen molar-refractivity contribution in [2.24, 2.45) is 0 Å². The van der Waals surface area contributed by atoms with Crippen LogP contribution in [-0.4, -0.2) is 4.40 Å². The van der Waals surface area contributed by atoms with Gasteiger partial charge in [-0.1, -0.05) is 6.07 Å². The van der Waals surface area contributed by atoms with E-state index >= 15 is 0 Å². The fourth-order valence-corrected chi connectivity index (χ4v) is 1.75. The molecule has 3 heteroatoms. The molecule has 0 atom stereocenters. The van der Waals surface area contributed by atoms with E-state index in [0.717, 1.165) is 18.0 Å². The molecular formula is C12H11N2O+. The van der Waals surface area contributed by atoms with Crippen molar-refractivity contribution < 1.29 is 8.98 Å². The molecule has 0 amide bonds. The molecule has 74 valence electrons. The Morgan fingerprint density at radius 3 is 3.00 bits per heavy atom. The van der Waals surface area contributed by atoms with Crippen LogP contribution in [0.15, 0.2) is 59.6 Å². The van der Waals surface area contributed by atoms with Crippen molar-refractivity contribution in [3.05, 3.63) is 60.9 Å². The van der Waals surface area contributed by atoms with Crippen LogP contribution >= 0.6 is 0 Å². The lowest BCUT2D eigenvalue weighted by Gasteiger charge is -1.93. The Morgan fingerprint density at radius 1 is 1.13 bits per heavy atom. The van der Waals surface area contributed by atoms with Gasteiger partial charge in [0.05, 0.1) is 12.5 Å². The SMILES string of the molecule is c1coc(C[n+]2ccn3ccccc32)c1. The molecular weight excluding hydrogens is 188 g/mol. The van der Waals surface area contributed by atoms with Gasteiger partial charge in [0.25, 0.3) is 5.65 Å². The highest BCUT2D eigenvalue weighted by atomic mass is 16.3. The Balaban J connectivity index is 2.05. The van der Waals surface area contributed by atoms with Crippen LogP contribution in [0, 0.1) is 0 Å². The van der Waals surface area contributed by atoms with E-state index in [9.17, 15) is 0 Å². The smallest absolute Gasteiger partial charge is 0.286 e. The molecule has 3 rings (SSSR count). The number of fused-ring (bicyclic) bond motifs is 1. The molecule has 0 unspecified atom stereocenters. The summed E-state index contributed by atoms with van der Waals surface area (Å²) in [5.41, 5.74) is 1.16. The van der Waals surface area contributed by atoms with Gasteiger partial charge >= 0.3 is 0 Å². The first-order valence-corrected chi connectivity index (χ1v) is 4.91. The first kappa shape index (κ1) is 8.29. The normalized spacial score (nSPS) is 10.9. The van der Waals surface area contributed by atoms with Crippen molar-refractivity contribution >= 4 is 5.65 Å². The van der Waals surface area contributed by atoms with Crippen LogP contribution in [0.1, 0.15) is 5.76 Å². The van der Waals surface area contributed by atoms with Gasteiger partial charge in [0, 0.05) is 6.07 Å². The van der Waals surface area contributed by atoms with Gasteiger partial charge in [0.1, 0.15) is 24.7 Å². The van der Waals surface area contributed by atoms with Crippen LogP contribution in [0.5, 0.6) is 0 Å². The molecule has 0 aromatic carbocycles. The van der Waals surface area contributed by atoms with Crippen molar-refractivity contribution in [3.8, 4) is 0 Å². The van der Waals surface area contributed by atoms with Crippen molar-refractivity contribution in [1.82, 2.24) is 4.40 Å². The van der Waals surface area contributed by atoms with E-state index in [-0.39, 0.29) is 0 Å². The molecule has 0 radical (unpaired) electrons. The van der Waals surface area contributed by atoms with Gasteiger partial charge < -0.3 is 4.42 Å². The zero-order valence-corrected chi connectivity index (χ0v) is 8.21. The summed E-state index contributed by atoms with van der Waals surface area (Å²) >= 11 is 0. The highest BCUT2D eigenvalue weighted by Gasteiger charge is 2.09. The summed E-state index contributed by atoms with van der Waals surface area (Å²) in [7, 11) is 0. The Kier molecular flexibility index (Phi) is 1.81. The Hall–Kier alpha value is -2.03. The van der Waals surface area contributed by atoms with E-state index in [1.54, 1.807) is 6.26 Å². The van der Waals surface area contributed by atoms with Crippen molar-refractivity contribution in [3.63, 3.8) is 0 Å². The van der Waals surface area contributed by atoms with Crippen LogP contribution < -0.4 is 4.57 Å². The van der Waals surface area contributed by atoms with E-state index in [1.807, 2.05) is 36.7 Å². The summed E-state index contributed by atoms with van der Waals surface area (Å²) in [6.45, 7) is 0.771. The summed E-state index contributed by atoms with van der Waals surface area (Å²) in [5.74, 6) is 0.969. The van der Waals surface area contributed by atoms with E-state index in [4.69, 9.17) is 4.42 Å². The number of rotatable bonds is 2. The molecule has 0 saturated heterocycles. The van der Waals surface area contributed by atoms with Gasteiger partial charge in [-0.3, -0.25) is 0 Å². The summed E-state index contributed by atoms with van der Waals surface area (Å²) < 4.78 is 9.56. The summed E-state index contributed by atoms with van der Waals surface area (Å²) in [4.78, 5) is 0. The van der Waals surface area contributed by atoms with Crippen LogP contribution in [0.3, 0.4) is 0 Å². The van der Waals surface area contributed by atoms with E-state index in [2.05, 4.69) is 21.2 Å². The molecule has 3 aromatic rings. The zero-order valence-electron chi connectivity index (χ0n) is 8.21. The molecule has 3 nitrogen and oxygen atoms in total. The van der Waals surface area contributed by atoms with Crippen LogP contribution in [0.25, 0.3) is 5.65 Å². The summed E-state index contributed by atoms with van der Waals surface area (Å²) in [6, 6.07) is 10.0. The maximum atomic E-state index is 5.33. The number of aromatic nitrogens is 2. The molecule has 3 aromatic heterocycles. The van der Waals surface area contributed by atoms with Crippen molar-refractivity contribution in [1.29, 1.82) is 0 Å². The minimum atomic E-state index is 0.771. The number of imidazole rings is 1. The average Bonchev–Trinajstić information content (AvgIpc) is 2.89. The van der Waals surface area contributed by atoms with Crippen LogP contribution in [-0.2, 0) is 6.54 Å². The summed E-state index contributed by atoms with van der Waals surface area (Å²) in [5, 5.41) is 0. The largest absolute Gasteiger partial charge is 0.465 e. The monoisotopic (exact) mass is 199 g/mol. The van der Waals surface area contributed by atoms with Gasteiger partial charge in [-0.25, -0.2) is 8.97 Å². The maximum absolute atomic E-state index is 5.33. The highest BCUT2D eigenvalue weighted by molar-refractivity contribution is 5.30. The second-order valence-corrected chi connectivity index (χ2v) is 3.47. The lowest BCUT2D eigenvalue weighted by Crippen LogP contribution is -2.32. The quantitative estimate of drug-likeness (QED) is 0.577. The number of pyridine rings is 1. The fraction of sp³-hybridized carbons (Fsp3) is 0.0833. The third kappa shape index (κ3) is 1.42. The minimum Gasteiger partial charge on any atom is -0.465 e. The average molecular weight is 199 g/mol. The molecule has 0 N–H and O–H groups in total. The van der Waals surface area contributed by atoms with E-state index in [1.165, 1.54) is 0 Å². The predicted octanol–water partition coefficient (Wildman–Crippen LogP) is 1.87. The molecule has 0 aliphatic rings. The lowest BCUT2D eigenvalue weighted by molar-refractivity contribution is -0.663. The van der Waals surface area contributed by atoms with Gasteiger partial charge in [-0.2, -0.15) is 0 Å². The molecule has 0 bridgehead atoms. The van der Waals surface area contributed by atoms with Gasteiger partial charge in [-0.05, 0) is 18.2 Å². The number of hydrogen-bond donors (Lipinski definition) is 0. The molecule has 15 heavy (non-hydrogen) atoms. The molecule has 0 spiro atoms. The van der Waals surface area contributed by atoms with Gasteiger partial charge in [-0.15, -0.1) is 0 Å². The van der Waals surface area contributed by atoms with Gasteiger partial charge in [0.15, 0.2) is 0 Å². The maximum Gasteiger partial charge on any atom is 0.286 e. The van der Waals surface area contributed by atoms with E-state index < -0.39 is 0 Å². The van der Waals surface area contributed by atoms with Crippen LogP contribution in [0.4, 0.5) is 0 Å². The molecule has 0 aliphatic carbocycles. The Bertz CT molecular complexity index is 566. The number of furan rings is 1. The number of nitrogens with zero attached hydrogens (tertiary/aromatic N) is 2. The molecule has 0 aliphatic heterocycles. The standard InChI is InChI=1S/C12H11N2O/c1-2-6-13-7-8-14(12(13)5-1)10-11-4-3-9-15-11/h1-9H,10H2/q+1. The van der Waals surface area contributed by atoms with E-state index in [0.29, 0.717) is 0 Å². The molecule has 3 heterocycles. The fourth-order valence-electron chi connectivity index (χ4n) is 1.75. The third-order valence-electron chi connectivity index (χ3n) is 2.48. The molecule has 0 fully saturated rings. The minimum absolute atomic E-state index is 0.771. The number of hydrogen-bond acceptors (Lipinski definition) is 1. The summed E-state index contributed by atoms with van der Waals surface area (Å²) in [6.07, 6.45) is 7.83. The zero-order chi connectivity index (χ0) is 10.1. The topological polar surface area (TPSA) is 21.4 Å². The Labute approximate surface area is 87.2 Å². The first-order valence-electron chi connectivity index (χ1n) is 4.91. The van der Waals surface area contributed by atoms with Gasteiger partial charge in [0.2, 0.25) is 0 Å². The van der Waals surface area contributed by atoms with Crippen molar-refractivity contribution in [2.75, 3.05) is 0 Å².